The minimum Gasteiger partial charge on any atom is -0.469 e. The van der Waals surface area contributed by atoms with E-state index in [0.717, 1.165) is 12.8 Å². The molecule has 0 aromatic heterocycles. The van der Waals surface area contributed by atoms with E-state index in [4.69, 9.17) is 4.74 Å². The zero-order valence-electron chi connectivity index (χ0n) is 21.5. The smallest absolute Gasteiger partial charge is 0.338 e. The molecule has 0 saturated carbocycles. The highest BCUT2D eigenvalue weighted by molar-refractivity contribution is 5.89. The molecule has 0 aliphatic rings. The van der Waals surface area contributed by atoms with E-state index in [1.54, 1.807) is 12.1 Å². The van der Waals surface area contributed by atoms with Crippen molar-refractivity contribution in [2.75, 3.05) is 25.6 Å². The van der Waals surface area contributed by atoms with E-state index in [-0.39, 0.29) is 24.6 Å². The number of halogens is 1. The molecule has 0 unspecified atom stereocenters. The molecule has 34 heavy (non-hydrogen) atoms. The Balaban J connectivity index is 2.04. The van der Waals surface area contributed by atoms with Crippen molar-refractivity contribution in [3.8, 4) is 0 Å². The number of unbranched alkanes of at least 4 members (excludes halogenated alkanes) is 13. The Morgan fingerprint density at radius 1 is 0.824 bits per heavy atom. The van der Waals surface area contributed by atoms with Crippen LogP contribution in [0.25, 0.3) is 0 Å². The van der Waals surface area contributed by atoms with Crippen LogP contribution in [0.2, 0.25) is 0 Å². The predicted octanol–water partition coefficient (Wildman–Crippen LogP) is 7.83. The molecule has 0 amide bonds. The van der Waals surface area contributed by atoms with Crippen molar-refractivity contribution in [2.45, 2.75) is 110 Å². The Kier molecular flexibility index (Phi) is 17.8. The van der Waals surface area contributed by atoms with Crippen LogP contribution in [0.15, 0.2) is 18.2 Å². The number of benzene rings is 1. The zero-order valence-corrected chi connectivity index (χ0v) is 21.5. The summed E-state index contributed by atoms with van der Waals surface area (Å²) in [4.78, 5) is 23.0. The summed E-state index contributed by atoms with van der Waals surface area (Å²) >= 11 is 0. The van der Waals surface area contributed by atoms with Crippen LogP contribution >= 0.6 is 0 Å². The molecule has 0 spiro atoms. The fraction of sp³-hybridized carbons (Fsp3) is 0.714. The fourth-order valence-corrected chi connectivity index (χ4v) is 3.89. The lowest BCUT2D eigenvalue weighted by atomic mass is 10.0. The van der Waals surface area contributed by atoms with Crippen molar-refractivity contribution < 1.29 is 23.5 Å². The first-order valence-corrected chi connectivity index (χ1v) is 13.4. The third-order valence-electron chi connectivity index (χ3n) is 6.04. The molecule has 1 N–H and O–H groups in total. The topological polar surface area (TPSA) is 64.6 Å². The van der Waals surface area contributed by atoms with E-state index in [9.17, 15) is 14.0 Å². The average molecular weight is 480 g/mol. The summed E-state index contributed by atoms with van der Waals surface area (Å²) in [5.74, 6) is -1.41. The van der Waals surface area contributed by atoms with Crippen LogP contribution in [0.1, 0.15) is 120 Å². The van der Waals surface area contributed by atoms with E-state index in [1.807, 2.05) is 0 Å². The fourth-order valence-electron chi connectivity index (χ4n) is 3.89. The second kappa shape index (κ2) is 20.3. The predicted molar refractivity (Wildman–Crippen MR) is 137 cm³/mol. The number of rotatable bonds is 21. The summed E-state index contributed by atoms with van der Waals surface area (Å²) in [6, 6.07) is 4.32. The molecule has 0 bridgehead atoms. The summed E-state index contributed by atoms with van der Waals surface area (Å²) in [5, 5.41) is 3.12. The molecule has 0 atom stereocenters. The summed E-state index contributed by atoms with van der Waals surface area (Å²) in [5.41, 5.74) is 0.564. The monoisotopic (exact) mass is 479 g/mol. The number of nitrogens with one attached hydrogen (secondary N) is 1. The normalized spacial score (nSPS) is 10.8. The van der Waals surface area contributed by atoms with Crippen molar-refractivity contribution in [1.29, 1.82) is 0 Å². The van der Waals surface area contributed by atoms with Gasteiger partial charge in [-0.25, -0.2) is 9.18 Å². The maximum Gasteiger partial charge on any atom is 0.338 e. The van der Waals surface area contributed by atoms with E-state index < -0.39 is 11.8 Å². The first-order chi connectivity index (χ1) is 16.6. The molecule has 1 aromatic rings. The standard InChI is InChI=1S/C28H46FNO4/c1-3-4-5-6-7-8-9-10-11-12-13-14-15-16-21-30-26-20-19-24(23-25(26)29)28(32)34-22-17-18-27(31)33-2/h19-20,23,30H,3-18,21-22H2,1-2H3. The molecule has 194 valence electrons. The lowest BCUT2D eigenvalue weighted by Gasteiger charge is -2.09. The van der Waals surface area contributed by atoms with Gasteiger partial charge < -0.3 is 14.8 Å². The first kappa shape index (κ1) is 29.9. The van der Waals surface area contributed by atoms with Crippen LogP contribution < -0.4 is 5.32 Å². The molecule has 0 radical (unpaired) electrons. The van der Waals surface area contributed by atoms with Crippen molar-refractivity contribution >= 4 is 17.6 Å². The van der Waals surface area contributed by atoms with Crippen molar-refractivity contribution in [3.05, 3.63) is 29.6 Å². The highest BCUT2D eigenvalue weighted by atomic mass is 19.1. The third-order valence-corrected chi connectivity index (χ3v) is 6.04. The van der Waals surface area contributed by atoms with Gasteiger partial charge in [-0.15, -0.1) is 0 Å². The van der Waals surface area contributed by atoms with Gasteiger partial charge in [-0.1, -0.05) is 90.4 Å². The maximum atomic E-state index is 14.3. The van der Waals surface area contributed by atoms with Crippen LogP contribution in [-0.4, -0.2) is 32.2 Å². The molecule has 5 nitrogen and oxygen atoms in total. The first-order valence-electron chi connectivity index (χ1n) is 13.4. The summed E-state index contributed by atoms with van der Waals surface area (Å²) in [7, 11) is 1.31. The lowest BCUT2D eigenvalue weighted by molar-refractivity contribution is -0.140. The quantitative estimate of drug-likeness (QED) is 0.144. The number of hydrogen-bond acceptors (Lipinski definition) is 5. The van der Waals surface area contributed by atoms with Gasteiger partial charge in [0, 0.05) is 13.0 Å². The van der Waals surface area contributed by atoms with Gasteiger partial charge in [0.15, 0.2) is 0 Å². The number of methoxy groups -OCH3 is 1. The van der Waals surface area contributed by atoms with Gasteiger partial charge in [-0.05, 0) is 31.0 Å². The summed E-state index contributed by atoms with van der Waals surface area (Å²) in [6.45, 7) is 3.07. The maximum absolute atomic E-state index is 14.3. The van der Waals surface area contributed by atoms with Crippen molar-refractivity contribution in [1.82, 2.24) is 0 Å². The molecule has 0 aliphatic heterocycles. The minimum absolute atomic E-state index is 0.0919. The molecule has 0 aliphatic carbocycles. The van der Waals surface area contributed by atoms with E-state index in [1.165, 1.54) is 90.2 Å². The van der Waals surface area contributed by atoms with Gasteiger partial charge in [0.25, 0.3) is 0 Å². The molecule has 0 saturated heterocycles. The number of ether oxygens (including phenoxy) is 2. The Morgan fingerprint density at radius 2 is 1.38 bits per heavy atom. The number of hydrogen-bond donors (Lipinski definition) is 1. The molecule has 6 heteroatoms. The summed E-state index contributed by atoms with van der Waals surface area (Å²) in [6.07, 6.45) is 18.9. The number of carbonyl (C=O) groups is 2. The van der Waals surface area contributed by atoms with Gasteiger partial charge >= 0.3 is 11.9 Å². The highest BCUT2D eigenvalue weighted by Crippen LogP contribution is 2.17. The third kappa shape index (κ3) is 14.9. The molecule has 1 aromatic carbocycles. The Morgan fingerprint density at radius 3 is 1.91 bits per heavy atom. The number of anilines is 1. The van der Waals surface area contributed by atoms with E-state index >= 15 is 0 Å². The average Bonchev–Trinajstić information content (AvgIpc) is 2.84. The second-order valence-corrected chi connectivity index (χ2v) is 9.03. The van der Waals surface area contributed by atoms with Crippen LogP contribution in [0, 0.1) is 5.82 Å². The molecular formula is C28H46FNO4. The minimum atomic E-state index is -0.595. The largest absolute Gasteiger partial charge is 0.469 e. The van der Waals surface area contributed by atoms with Crippen LogP contribution in [0.3, 0.4) is 0 Å². The zero-order chi connectivity index (χ0) is 24.9. The Bertz CT molecular complexity index is 680. The number of esters is 2. The highest BCUT2D eigenvalue weighted by Gasteiger charge is 2.11. The van der Waals surface area contributed by atoms with Crippen LogP contribution in [0.5, 0.6) is 0 Å². The summed E-state index contributed by atoms with van der Waals surface area (Å²) < 4.78 is 23.9. The van der Waals surface area contributed by atoms with Gasteiger partial charge in [0.2, 0.25) is 0 Å². The Hall–Kier alpha value is -2.11. The van der Waals surface area contributed by atoms with Crippen LogP contribution in [-0.2, 0) is 14.3 Å². The van der Waals surface area contributed by atoms with Crippen LogP contribution in [0.4, 0.5) is 10.1 Å². The number of carbonyl (C=O) groups excluding carboxylic acids is 2. The lowest BCUT2D eigenvalue weighted by Crippen LogP contribution is -2.10. The van der Waals surface area contributed by atoms with E-state index in [0.29, 0.717) is 18.7 Å². The molecular weight excluding hydrogens is 433 g/mol. The Labute approximate surface area is 206 Å². The van der Waals surface area contributed by atoms with Gasteiger partial charge in [-0.3, -0.25) is 4.79 Å². The van der Waals surface area contributed by atoms with Gasteiger partial charge in [0.1, 0.15) is 5.82 Å². The SMILES string of the molecule is CCCCCCCCCCCCCCCCNc1ccc(C(=O)OCCCC(=O)OC)cc1F. The van der Waals surface area contributed by atoms with E-state index in [2.05, 4.69) is 17.0 Å². The second-order valence-electron chi connectivity index (χ2n) is 9.03. The van der Waals surface area contributed by atoms with Crippen molar-refractivity contribution in [3.63, 3.8) is 0 Å². The van der Waals surface area contributed by atoms with Crippen molar-refractivity contribution in [2.24, 2.45) is 0 Å². The molecule has 0 fully saturated rings. The van der Waals surface area contributed by atoms with Gasteiger partial charge in [-0.2, -0.15) is 0 Å². The van der Waals surface area contributed by atoms with Gasteiger partial charge in [0.05, 0.1) is 25.0 Å². The molecule has 1 rings (SSSR count). The molecule has 0 heterocycles.